The maximum absolute atomic E-state index is 14.5. The van der Waals surface area contributed by atoms with E-state index in [0.717, 1.165) is 32.1 Å². The Morgan fingerprint density at radius 3 is 2.16 bits per heavy atom. The summed E-state index contributed by atoms with van der Waals surface area (Å²) < 4.78 is 6.17. The van der Waals surface area contributed by atoms with E-state index in [1.807, 2.05) is 6.92 Å². The third-order valence-electron chi connectivity index (χ3n) is 13.8. The lowest BCUT2D eigenvalue weighted by Crippen LogP contribution is -2.76. The van der Waals surface area contributed by atoms with E-state index in [9.17, 15) is 19.8 Å². The van der Waals surface area contributed by atoms with Gasteiger partial charge >= 0.3 is 5.97 Å². The number of aliphatic carboxylic acids is 1. The lowest BCUT2D eigenvalue weighted by molar-refractivity contribution is -0.299. The molecule has 0 bridgehead atoms. The van der Waals surface area contributed by atoms with Crippen molar-refractivity contribution in [2.24, 2.45) is 50.2 Å². The second kappa shape index (κ2) is 8.27. The van der Waals surface area contributed by atoms with Crippen LogP contribution in [0.4, 0.5) is 0 Å². The molecular weight excluding hydrogens is 496 g/mol. The van der Waals surface area contributed by atoms with Gasteiger partial charge < -0.3 is 14.9 Å². The Hall–Kier alpha value is -1.01. The van der Waals surface area contributed by atoms with Crippen LogP contribution >= 0.6 is 12.2 Å². The summed E-state index contributed by atoms with van der Waals surface area (Å²) in [6.45, 7) is 17.6. The molecule has 0 radical (unpaired) electrons. The zero-order chi connectivity index (χ0) is 28.3. The number of ketones is 1. The summed E-state index contributed by atoms with van der Waals surface area (Å²) in [4.78, 5) is 27.4. The summed E-state index contributed by atoms with van der Waals surface area (Å²) in [5, 5.41) is 24.0. The number of carbonyl (C=O) groups is 2. The number of rotatable bonds is 2. The van der Waals surface area contributed by atoms with E-state index in [1.54, 1.807) is 0 Å². The summed E-state index contributed by atoms with van der Waals surface area (Å²) in [7, 11) is 0. The molecule has 38 heavy (non-hydrogen) atoms. The van der Waals surface area contributed by atoms with Crippen LogP contribution in [0.3, 0.4) is 0 Å². The molecule has 5 nitrogen and oxygen atoms in total. The number of fused-ring (bicyclic) bond motifs is 7. The number of hydrogen-bond donors (Lipinski definition) is 2. The summed E-state index contributed by atoms with van der Waals surface area (Å²) >= 11 is 5.32. The molecule has 0 amide bonds. The van der Waals surface area contributed by atoms with Crippen LogP contribution in [0.15, 0.2) is 0 Å². The van der Waals surface area contributed by atoms with Crippen molar-refractivity contribution < 1.29 is 24.5 Å². The molecule has 0 saturated heterocycles. The number of aliphatic hydroxyl groups is 1. The Balaban J connectivity index is 1.59. The van der Waals surface area contributed by atoms with Crippen molar-refractivity contribution in [1.29, 1.82) is 0 Å². The molecule has 9 atom stereocenters. The first-order valence-electron chi connectivity index (χ1n) is 15.0. The molecule has 4 unspecified atom stereocenters. The van der Waals surface area contributed by atoms with Gasteiger partial charge in [-0.3, -0.25) is 9.59 Å². The molecule has 5 aliphatic rings. The molecule has 5 aliphatic carbocycles. The summed E-state index contributed by atoms with van der Waals surface area (Å²) in [6.07, 6.45) is 7.08. The van der Waals surface area contributed by atoms with Crippen LogP contribution < -0.4 is 0 Å². The van der Waals surface area contributed by atoms with Crippen LogP contribution in [0.25, 0.3) is 0 Å². The van der Waals surface area contributed by atoms with Gasteiger partial charge in [-0.2, -0.15) is 0 Å². The first-order chi connectivity index (χ1) is 17.3. The smallest absolute Gasteiger partial charge is 0.310 e. The number of hydrogen-bond acceptors (Lipinski definition) is 5. The number of carboxylic acid groups (broad SMARTS) is 1. The first kappa shape index (κ1) is 28.5. The maximum Gasteiger partial charge on any atom is 0.310 e. The molecule has 0 spiro atoms. The zero-order valence-electron chi connectivity index (χ0n) is 24.9. The van der Waals surface area contributed by atoms with Gasteiger partial charge in [0.25, 0.3) is 0 Å². The fourth-order valence-electron chi connectivity index (χ4n) is 11.6. The molecule has 5 fully saturated rings. The molecule has 5 saturated carbocycles. The number of carboxylic acids is 1. The van der Waals surface area contributed by atoms with Gasteiger partial charge in [0, 0.05) is 36.0 Å². The van der Waals surface area contributed by atoms with Crippen LogP contribution in [0.2, 0.25) is 0 Å². The second-order valence-corrected chi connectivity index (χ2v) is 16.8. The van der Waals surface area contributed by atoms with Gasteiger partial charge in [-0.25, -0.2) is 0 Å². The molecular formula is C32H50O5S. The predicted molar refractivity (Wildman–Crippen MR) is 152 cm³/mol. The van der Waals surface area contributed by atoms with Crippen molar-refractivity contribution in [3.63, 3.8) is 0 Å². The van der Waals surface area contributed by atoms with E-state index >= 15 is 0 Å². The Morgan fingerprint density at radius 1 is 0.921 bits per heavy atom. The van der Waals surface area contributed by atoms with Crippen LogP contribution in [-0.4, -0.2) is 38.7 Å². The standard InChI is InChI=1S/C32H50O5S/c1-19(38)37-23-10-11-28(6)21(27(23,4)5)9-12-29(7)24(28)20(33)17-32(36)22-18-26(2,3)13-15-31(22,25(34)35)16-14-30(29,32)8/h21-24,36H,9-18H2,1-8H3,(H,34,35)/t21?,22?,23-,24?,28-,29+,30-,31-,32?/m0/s1. The molecule has 6 heteroatoms. The SMILES string of the molecule is CC(=S)O[C@H]1CC[C@@]2(C)C(CC[C@]3(C)C2C(=O)CC2(O)C4CC(C)(C)CC[C@]4(C(=O)O)CC[C@]23C)C1(C)C. The maximum atomic E-state index is 14.5. The molecule has 0 aromatic heterocycles. The van der Waals surface area contributed by atoms with Crippen molar-refractivity contribution in [2.75, 3.05) is 0 Å². The average Bonchev–Trinajstić information content (AvgIpc) is 2.77. The monoisotopic (exact) mass is 546 g/mol. The van der Waals surface area contributed by atoms with Gasteiger partial charge in [0.15, 0.2) is 5.05 Å². The highest BCUT2D eigenvalue weighted by Gasteiger charge is 2.78. The van der Waals surface area contributed by atoms with Crippen molar-refractivity contribution >= 4 is 29.0 Å². The van der Waals surface area contributed by atoms with Crippen molar-refractivity contribution in [2.45, 2.75) is 131 Å². The van der Waals surface area contributed by atoms with E-state index in [4.69, 9.17) is 17.0 Å². The van der Waals surface area contributed by atoms with E-state index in [1.165, 1.54) is 0 Å². The number of ether oxygens (including phenoxy) is 1. The largest absolute Gasteiger partial charge is 0.484 e. The van der Waals surface area contributed by atoms with Crippen LogP contribution in [-0.2, 0) is 14.3 Å². The minimum absolute atomic E-state index is 0.0453. The van der Waals surface area contributed by atoms with E-state index in [-0.39, 0.29) is 40.5 Å². The molecule has 0 heterocycles. The molecule has 5 rings (SSSR count). The molecule has 0 aromatic carbocycles. The third kappa shape index (κ3) is 3.40. The fourth-order valence-corrected chi connectivity index (χ4v) is 11.7. The highest BCUT2D eigenvalue weighted by Crippen LogP contribution is 2.77. The highest BCUT2D eigenvalue weighted by molar-refractivity contribution is 7.80. The van der Waals surface area contributed by atoms with Gasteiger partial charge in [0.05, 0.1) is 11.0 Å². The summed E-state index contributed by atoms with van der Waals surface area (Å²) in [5.41, 5.74) is -3.53. The Kier molecular flexibility index (Phi) is 6.21. The first-order valence-corrected chi connectivity index (χ1v) is 15.4. The van der Waals surface area contributed by atoms with Crippen molar-refractivity contribution in [3.8, 4) is 0 Å². The molecule has 2 N–H and O–H groups in total. The second-order valence-electron chi connectivity index (χ2n) is 16.2. The minimum atomic E-state index is -1.31. The van der Waals surface area contributed by atoms with Gasteiger partial charge in [-0.1, -0.05) is 48.5 Å². The highest BCUT2D eigenvalue weighted by atomic mass is 32.1. The quantitative estimate of drug-likeness (QED) is 0.364. The molecule has 0 aromatic rings. The van der Waals surface area contributed by atoms with Crippen molar-refractivity contribution in [3.05, 3.63) is 0 Å². The summed E-state index contributed by atoms with van der Waals surface area (Å²) in [5.74, 6) is -0.867. The van der Waals surface area contributed by atoms with Gasteiger partial charge in [-0.15, -0.1) is 0 Å². The van der Waals surface area contributed by atoms with E-state index in [0.29, 0.717) is 36.7 Å². The zero-order valence-corrected chi connectivity index (χ0v) is 25.7. The van der Waals surface area contributed by atoms with E-state index < -0.39 is 33.7 Å². The van der Waals surface area contributed by atoms with Crippen LogP contribution in [0.5, 0.6) is 0 Å². The predicted octanol–water partition coefficient (Wildman–Crippen LogP) is 6.98. The number of carbonyl (C=O) groups excluding carboxylic acids is 1. The average molecular weight is 547 g/mol. The molecule has 0 aliphatic heterocycles. The fraction of sp³-hybridized carbons (Fsp3) is 0.906. The van der Waals surface area contributed by atoms with E-state index in [2.05, 4.69) is 48.5 Å². The number of Topliss-reactive ketones (excluding diaryl/α,β-unsaturated/α-hetero) is 1. The Bertz CT molecular complexity index is 1070. The van der Waals surface area contributed by atoms with Gasteiger partial charge in [0.1, 0.15) is 11.9 Å². The van der Waals surface area contributed by atoms with Crippen molar-refractivity contribution in [1.82, 2.24) is 0 Å². The van der Waals surface area contributed by atoms with Gasteiger partial charge in [-0.05, 0) is 92.2 Å². The van der Waals surface area contributed by atoms with Gasteiger partial charge in [0.2, 0.25) is 0 Å². The Labute approximate surface area is 234 Å². The lowest BCUT2D eigenvalue weighted by Gasteiger charge is -2.74. The third-order valence-corrected chi connectivity index (χ3v) is 13.8. The minimum Gasteiger partial charge on any atom is -0.484 e. The Morgan fingerprint density at radius 2 is 1.55 bits per heavy atom. The topological polar surface area (TPSA) is 83.8 Å². The van der Waals surface area contributed by atoms with Crippen LogP contribution in [0.1, 0.15) is 120 Å². The normalized spacial score (nSPS) is 51.0. The molecule has 214 valence electrons. The lowest BCUT2D eigenvalue weighted by atomic mass is 9.30. The summed E-state index contributed by atoms with van der Waals surface area (Å²) in [6, 6.07) is 0. The van der Waals surface area contributed by atoms with Crippen LogP contribution in [0, 0.1) is 50.2 Å². The number of thiocarbonyl (C=S) groups is 1.